The largest absolute Gasteiger partial charge is 0.324 e. The molecule has 2 amide bonds. The maximum absolute atomic E-state index is 12.4. The second-order valence-electron chi connectivity index (χ2n) is 7.04. The van der Waals surface area contributed by atoms with Crippen molar-refractivity contribution in [2.75, 3.05) is 10.6 Å². The highest BCUT2D eigenvalue weighted by Gasteiger charge is 2.13. The Bertz CT molecular complexity index is 1040. The molecule has 0 aliphatic rings. The quantitative estimate of drug-likeness (QED) is 0.706. The van der Waals surface area contributed by atoms with Crippen molar-refractivity contribution in [1.29, 1.82) is 0 Å². The van der Waals surface area contributed by atoms with E-state index in [0.29, 0.717) is 0 Å². The van der Waals surface area contributed by atoms with Crippen LogP contribution >= 0.6 is 0 Å². The number of carbonyl (C=O) groups is 2. The number of aromatic nitrogens is 2. The molecule has 3 rings (SSSR count). The van der Waals surface area contributed by atoms with Crippen LogP contribution in [0.4, 0.5) is 11.4 Å². The van der Waals surface area contributed by atoms with Gasteiger partial charge in [-0.05, 0) is 57.0 Å². The summed E-state index contributed by atoms with van der Waals surface area (Å²) in [7, 11) is 0. The molecule has 2 N–H and O–H groups in total. The molecule has 0 saturated heterocycles. The number of benzene rings is 2. The summed E-state index contributed by atoms with van der Waals surface area (Å²) < 4.78 is 1.45. The summed E-state index contributed by atoms with van der Waals surface area (Å²) in [5, 5.41) is 9.95. The highest BCUT2D eigenvalue weighted by Crippen LogP contribution is 2.17. The topological polar surface area (TPSA) is 76.0 Å². The molecule has 0 spiro atoms. The van der Waals surface area contributed by atoms with Crippen LogP contribution in [0.15, 0.2) is 48.7 Å². The molecule has 0 atom stereocenters. The van der Waals surface area contributed by atoms with Crippen LogP contribution in [0.25, 0.3) is 0 Å². The second kappa shape index (κ2) is 8.08. The Balaban J connectivity index is 1.63. The number of nitrogens with one attached hydrogen (secondary N) is 2. The molecular weight excluding hydrogens is 352 g/mol. The predicted octanol–water partition coefficient (Wildman–Crippen LogP) is 4.01. The van der Waals surface area contributed by atoms with E-state index in [1.807, 2.05) is 64.1 Å². The van der Waals surface area contributed by atoms with Crippen LogP contribution in [-0.2, 0) is 11.3 Å². The van der Waals surface area contributed by atoms with E-state index < -0.39 is 0 Å². The standard InChI is InChI=1S/C22H24N4O2/c1-14-5-7-18(16(3)11-14)23-21(27)13-26-10-9-20(25-26)22(28)24-19-8-6-15(2)12-17(19)4/h5-12H,13H2,1-4H3,(H,23,27)(H,24,28). The number of carbonyl (C=O) groups excluding carboxylic acids is 2. The average Bonchev–Trinajstić information content (AvgIpc) is 3.08. The Kier molecular flexibility index (Phi) is 5.59. The first-order valence-corrected chi connectivity index (χ1v) is 9.11. The minimum absolute atomic E-state index is 0.0319. The summed E-state index contributed by atoms with van der Waals surface area (Å²) in [4.78, 5) is 24.7. The van der Waals surface area contributed by atoms with Gasteiger partial charge in [-0.2, -0.15) is 5.10 Å². The Morgan fingerprint density at radius 3 is 2.00 bits per heavy atom. The number of aryl methyl sites for hydroxylation is 4. The van der Waals surface area contributed by atoms with Gasteiger partial charge in [-0.3, -0.25) is 14.3 Å². The monoisotopic (exact) mass is 376 g/mol. The normalized spacial score (nSPS) is 10.6. The van der Waals surface area contributed by atoms with Gasteiger partial charge in [-0.25, -0.2) is 0 Å². The molecule has 0 radical (unpaired) electrons. The molecule has 0 aliphatic heterocycles. The molecule has 1 heterocycles. The fraction of sp³-hybridized carbons (Fsp3) is 0.227. The third-order valence-corrected chi connectivity index (χ3v) is 4.47. The zero-order valence-corrected chi connectivity index (χ0v) is 16.5. The molecule has 0 aliphatic carbocycles. The molecule has 0 fully saturated rings. The first-order valence-electron chi connectivity index (χ1n) is 9.11. The summed E-state index contributed by atoms with van der Waals surface area (Å²) in [6, 6.07) is 13.3. The van der Waals surface area contributed by atoms with E-state index in [2.05, 4.69) is 15.7 Å². The van der Waals surface area contributed by atoms with Crippen molar-refractivity contribution in [1.82, 2.24) is 9.78 Å². The fourth-order valence-electron chi connectivity index (χ4n) is 3.00. The average molecular weight is 376 g/mol. The maximum Gasteiger partial charge on any atom is 0.276 e. The zero-order valence-electron chi connectivity index (χ0n) is 16.5. The number of amides is 2. The molecule has 2 aromatic carbocycles. The maximum atomic E-state index is 12.4. The lowest BCUT2D eigenvalue weighted by Gasteiger charge is -2.09. The van der Waals surface area contributed by atoms with Crippen molar-refractivity contribution in [2.45, 2.75) is 34.2 Å². The van der Waals surface area contributed by atoms with Crippen molar-refractivity contribution in [3.63, 3.8) is 0 Å². The number of hydrogen-bond acceptors (Lipinski definition) is 3. The molecular formula is C22H24N4O2. The van der Waals surface area contributed by atoms with Crippen LogP contribution in [0, 0.1) is 27.7 Å². The Morgan fingerprint density at radius 1 is 0.857 bits per heavy atom. The van der Waals surface area contributed by atoms with E-state index in [0.717, 1.165) is 33.6 Å². The van der Waals surface area contributed by atoms with Crippen LogP contribution in [0.3, 0.4) is 0 Å². The number of rotatable bonds is 5. The number of anilines is 2. The molecule has 0 unspecified atom stereocenters. The Labute approximate surface area is 164 Å². The van der Waals surface area contributed by atoms with Crippen LogP contribution in [0.2, 0.25) is 0 Å². The van der Waals surface area contributed by atoms with Gasteiger partial charge in [0.25, 0.3) is 5.91 Å². The van der Waals surface area contributed by atoms with Gasteiger partial charge < -0.3 is 10.6 Å². The Morgan fingerprint density at radius 2 is 1.43 bits per heavy atom. The van der Waals surface area contributed by atoms with E-state index in [9.17, 15) is 9.59 Å². The summed E-state index contributed by atoms with van der Waals surface area (Å²) >= 11 is 0. The molecule has 6 nitrogen and oxygen atoms in total. The van der Waals surface area contributed by atoms with Crippen LogP contribution in [-0.4, -0.2) is 21.6 Å². The summed E-state index contributed by atoms with van der Waals surface area (Å²) in [6.07, 6.45) is 1.62. The fourth-order valence-corrected chi connectivity index (χ4v) is 3.00. The number of hydrogen-bond donors (Lipinski definition) is 2. The van der Waals surface area contributed by atoms with Crippen molar-refractivity contribution in [2.24, 2.45) is 0 Å². The first-order chi connectivity index (χ1) is 13.3. The van der Waals surface area contributed by atoms with Crippen molar-refractivity contribution in [3.05, 3.63) is 76.6 Å². The van der Waals surface area contributed by atoms with Crippen molar-refractivity contribution in [3.8, 4) is 0 Å². The van der Waals surface area contributed by atoms with Crippen LogP contribution in [0.5, 0.6) is 0 Å². The summed E-state index contributed by atoms with van der Waals surface area (Å²) in [5.74, 6) is -0.503. The summed E-state index contributed by atoms with van der Waals surface area (Å²) in [5.41, 5.74) is 6.05. The molecule has 0 saturated carbocycles. The highest BCUT2D eigenvalue weighted by atomic mass is 16.2. The predicted molar refractivity (Wildman–Crippen MR) is 111 cm³/mol. The van der Waals surface area contributed by atoms with Crippen LogP contribution < -0.4 is 10.6 Å². The van der Waals surface area contributed by atoms with Crippen molar-refractivity contribution < 1.29 is 9.59 Å². The highest BCUT2D eigenvalue weighted by molar-refractivity contribution is 6.03. The Hall–Kier alpha value is -3.41. The minimum atomic E-state index is -0.305. The second-order valence-corrected chi connectivity index (χ2v) is 7.04. The van der Waals surface area contributed by atoms with E-state index in [-0.39, 0.29) is 24.1 Å². The van der Waals surface area contributed by atoms with Gasteiger partial charge in [0.15, 0.2) is 5.69 Å². The molecule has 3 aromatic rings. The van der Waals surface area contributed by atoms with E-state index in [1.165, 1.54) is 4.68 Å². The van der Waals surface area contributed by atoms with Crippen molar-refractivity contribution >= 4 is 23.2 Å². The third-order valence-electron chi connectivity index (χ3n) is 4.47. The lowest BCUT2D eigenvalue weighted by atomic mass is 10.1. The lowest BCUT2D eigenvalue weighted by Crippen LogP contribution is -2.20. The van der Waals surface area contributed by atoms with Gasteiger partial charge in [0.1, 0.15) is 6.54 Å². The third kappa shape index (κ3) is 4.65. The zero-order chi connectivity index (χ0) is 20.3. The SMILES string of the molecule is Cc1ccc(NC(=O)Cn2ccc(C(=O)Nc3ccc(C)cc3C)n2)c(C)c1. The molecule has 28 heavy (non-hydrogen) atoms. The van der Waals surface area contributed by atoms with Gasteiger partial charge in [-0.1, -0.05) is 35.4 Å². The van der Waals surface area contributed by atoms with Gasteiger partial charge >= 0.3 is 0 Å². The molecule has 144 valence electrons. The molecule has 1 aromatic heterocycles. The lowest BCUT2D eigenvalue weighted by molar-refractivity contribution is -0.116. The van der Waals surface area contributed by atoms with Crippen LogP contribution in [0.1, 0.15) is 32.7 Å². The minimum Gasteiger partial charge on any atom is -0.324 e. The van der Waals surface area contributed by atoms with E-state index >= 15 is 0 Å². The first kappa shape index (κ1) is 19.4. The van der Waals surface area contributed by atoms with Gasteiger partial charge in [0, 0.05) is 17.6 Å². The smallest absolute Gasteiger partial charge is 0.276 e. The van der Waals surface area contributed by atoms with Gasteiger partial charge in [0.2, 0.25) is 5.91 Å². The van der Waals surface area contributed by atoms with Gasteiger partial charge in [-0.15, -0.1) is 0 Å². The van der Waals surface area contributed by atoms with Gasteiger partial charge in [0.05, 0.1) is 0 Å². The van der Waals surface area contributed by atoms with E-state index in [1.54, 1.807) is 12.3 Å². The molecule has 0 bridgehead atoms. The summed E-state index contributed by atoms with van der Waals surface area (Å²) in [6.45, 7) is 7.94. The number of nitrogens with zero attached hydrogens (tertiary/aromatic N) is 2. The van der Waals surface area contributed by atoms with E-state index in [4.69, 9.17) is 0 Å². The molecule has 6 heteroatoms.